The number of halogens is 1. The molecule has 6 rings (SSSR count). The summed E-state index contributed by atoms with van der Waals surface area (Å²) in [6, 6.07) is 14.6. The van der Waals surface area contributed by atoms with Gasteiger partial charge in [-0.2, -0.15) is 10.4 Å². The minimum absolute atomic E-state index is 0.00348. The number of carbonyl (C=O) groups excluding carboxylic acids is 1. The molecule has 1 saturated carbocycles. The van der Waals surface area contributed by atoms with Crippen LogP contribution in [-0.4, -0.2) is 30.2 Å². The molecule has 1 fully saturated rings. The number of nitrogens with two attached hydrogens (primary N) is 1. The van der Waals surface area contributed by atoms with Crippen LogP contribution in [0.1, 0.15) is 56.6 Å². The maximum atomic E-state index is 15.3. The predicted octanol–water partition coefficient (Wildman–Crippen LogP) is 5.99. The summed E-state index contributed by atoms with van der Waals surface area (Å²) in [5.41, 5.74) is 9.54. The van der Waals surface area contributed by atoms with Crippen LogP contribution in [0, 0.1) is 17.1 Å². The molecule has 0 radical (unpaired) electrons. The van der Waals surface area contributed by atoms with Crippen molar-refractivity contribution in [3.63, 3.8) is 0 Å². The molecule has 0 bridgehead atoms. The van der Waals surface area contributed by atoms with Gasteiger partial charge in [-0.15, -0.1) is 0 Å². The second-order valence-electron chi connectivity index (χ2n) is 11.1. The Morgan fingerprint density at radius 2 is 1.88 bits per heavy atom. The number of aromatic nitrogens is 5. The number of imidazole rings is 1. The van der Waals surface area contributed by atoms with Crippen LogP contribution < -0.4 is 16.4 Å². The van der Waals surface area contributed by atoms with E-state index in [-0.39, 0.29) is 11.1 Å². The van der Waals surface area contributed by atoms with Gasteiger partial charge in [-0.3, -0.25) is 9.72 Å². The van der Waals surface area contributed by atoms with E-state index >= 15 is 4.39 Å². The number of anilines is 3. The molecule has 5 aromatic rings. The molecular weight excluding hydrogens is 521 g/mol. The molecule has 4 N–H and O–H groups in total. The normalized spacial score (nSPS) is 13.2. The number of benzene rings is 2. The highest BCUT2D eigenvalue weighted by molar-refractivity contribution is 6.00. The lowest BCUT2D eigenvalue weighted by atomic mass is 9.92. The number of hydrogen-bond acceptors (Lipinski definition) is 6. The molecule has 206 valence electrons. The van der Waals surface area contributed by atoms with E-state index in [0.29, 0.717) is 45.6 Å². The molecule has 10 nitrogen and oxygen atoms in total. The number of hydrogen-bond donors (Lipinski definition) is 3. The maximum Gasteiger partial charge on any atom is 0.324 e. The fourth-order valence-corrected chi connectivity index (χ4v) is 4.66. The van der Waals surface area contributed by atoms with Gasteiger partial charge in [0, 0.05) is 35.4 Å². The zero-order valence-electron chi connectivity index (χ0n) is 22.8. The Balaban J connectivity index is 1.27. The molecule has 1 aliphatic carbocycles. The lowest BCUT2D eigenvalue weighted by molar-refractivity contribution is 0.262. The third-order valence-electron chi connectivity index (χ3n) is 7.00. The number of carbonyl (C=O) groups is 1. The van der Waals surface area contributed by atoms with E-state index in [1.54, 1.807) is 47.3 Å². The summed E-state index contributed by atoms with van der Waals surface area (Å²) in [7, 11) is 0. The van der Waals surface area contributed by atoms with Crippen molar-refractivity contribution >= 4 is 28.9 Å². The largest absolute Gasteiger partial charge is 0.382 e. The van der Waals surface area contributed by atoms with Crippen LogP contribution in [0.15, 0.2) is 60.9 Å². The Kier molecular flexibility index (Phi) is 6.18. The molecular formula is C30H28FN9O. The van der Waals surface area contributed by atoms with E-state index in [4.69, 9.17) is 16.0 Å². The summed E-state index contributed by atoms with van der Waals surface area (Å²) in [6.07, 6.45) is 5.55. The van der Waals surface area contributed by atoms with Crippen molar-refractivity contribution in [3.8, 4) is 23.0 Å². The van der Waals surface area contributed by atoms with Crippen LogP contribution in [-0.2, 0) is 5.41 Å². The van der Waals surface area contributed by atoms with Crippen LogP contribution in [0.2, 0.25) is 0 Å². The molecule has 2 amide bonds. The van der Waals surface area contributed by atoms with Crippen molar-refractivity contribution in [2.45, 2.75) is 44.9 Å². The van der Waals surface area contributed by atoms with Crippen molar-refractivity contribution in [3.05, 3.63) is 83.8 Å². The fraction of sp³-hybridized carbons (Fsp3) is 0.233. The van der Waals surface area contributed by atoms with Gasteiger partial charge in [0.1, 0.15) is 34.5 Å². The topological polar surface area (TPSA) is 139 Å². The fourth-order valence-electron chi connectivity index (χ4n) is 4.66. The third-order valence-corrected chi connectivity index (χ3v) is 7.00. The highest BCUT2D eigenvalue weighted by Crippen LogP contribution is 2.42. The van der Waals surface area contributed by atoms with E-state index in [2.05, 4.69) is 26.8 Å². The van der Waals surface area contributed by atoms with Crippen molar-refractivity contribution in [2.24, 2.45) is 0 Å². The van der Waals surface area contributed by atoms with Gasteiger partial charge >= 0.3 is 6.03 Å². The average Bonchev–Trinajstić information content (AvgIpc) is 3.57. The molecule has 3 aromatic heterocycles. The number of fused-ring (bicyclic) bond motifs is 1. The van der Waals surface area contributed by atoms with Gasteiger partial charge in [0.05, 0.1) is 28.7 Å². The SMILES string of the molecule is CC(C)(C)c1cc(NC(=O)Nc2ccc(-c3nc(C4CC4)n4ccnc(N)c34)cc2F)n(-c2ccc(C#N)cc2)n1. The van der Waals surface area contributed by atoms with Crippen LogP contribution >= 0.6 is 0 Å². The zero-order valence-corrected chi connectivity index (χ0v) is 22.8. The van der Waals surface area contributed by atoms with Gasteiger partial charge in [-0.05, 0) is 49.2 Å². The number of urea groups is 1. The van der Waals surface area contributed by atoms with Crippen molar-refractivity contribution in [1.82, 2.24) is 24.1 Å². The van der Waals surface area contributed by atoms with Crippen molar-refractivity contribution in [2.75, 3.05) is 16.4 Å². The van der Waals surface area contributed by atoms with E-state index < -0.39 is 11.8 Å². The molecule has 0 atom stereocenters. The Hall–Kier alpha value is -5.24. The summed E-state index contributed by atoms with van der Waals surface area (Å²) in [6.45, 7) is 6.04. The molecule has 0 saturated heterocycles. The lowest BCUT2D eigenvalue weighted by Gasteiger charge is -2.14. The Labute approximate surface area is 235 Å². The summed E-state index contributed by atoms with van der Waals surface area (Å²) in [5, 5.41) is 19.2. The van der Waals surface area contributed by atoms with Gasteiger partial charge in [-0.25, -0.2) is 23.8 Å². The quantitative estimate of drug-likeness (QED) is 0.246. The van der Waals surface area contributed by atoms with Gasteiger partial charge in [0.15, 0.2) is 0 Å². The highest BCUT2D eigenvalue weighted by Gasteiger charge is 2.30. The average molecular weight is 550 g/mol. The lowest BCUT2D eigenvalue weighted by Crippen LogP contribution is -2.22. The monoisotopic (exact) mass is 549 g/mol. The third kappa shape index (κ3) is 4.96. The molecule has 0 spiro atoms. The molecule has 0 aliphatic heterocycles. The van der Waals surface area contributed by atoms with Gasteiger partial charge in [-0.1, -0.05) is 26.8 Å². The number of rotatable bonds is 5. The number of amides is 2. The standard InChI is InChI=1S/C30H28FN9O/c1-30(2,3)23-15-24(40(38-23)20-9-4-17(16-32)5-10-20)36-29(41)35-22-11-8-19(14-21(22)31)25-26-27(33)34-12-13-39(26)28(37-25)18-6-7-18/h4-5,8-15,18H,6-7H2,1-3H3,(H2,33,34)(H2,35,36,41). The minimum atomic E-state index is -0.635. The zero-order chi connectivity index (χ0) is 28.9. The Morgan fingerprint density at radius 1 is 1.12 bits per heavy atom. The first-order chi connectivity index (χ1) is 19.6. The summed E-state index contributed by atoms with van der Waals surface area (Å²) in [4.78, 5) is 22.0. The summed E-state index contributed by atoms with van der Waals surface area (Å²) in [5.74, 6) is 1.33. The Bertz CT molecular complexity index is 1840. The molecule has 1 aliphatic rings. The number of nitrogen functional groups attached to an aromatic ring is 1. The minimum Gasteiger partial charge on any atom is -0.382 e. The Morgan fingerprint density at radius 3 is 2.54 bits per heavy atom. The van der Waals surface area contributed by atoms with Crippen LogP contribution in [0.5, 0.6) is 0 Å². The molecule has 0 unspecified atom stereocenters. The van der Waals surface area contributed by atoms with Crippen LogP contribution in [0.4, 0.5) is 26.5 Å². The molecule has 3 heterocycles. The van der Waals surface area contributed by atoms with E-state index in [1.807, 2.05) is 31.4 Å². The summed E-state index contributed by atoms with van der Waals surface area (Å²) < 4.78 is 18.8. The van der Waals surface area contributed by atoms with Crippen LogP contribution in [0.25, 0.3) is 22.5 Å². The highest BCUT2D eigenvalue weighted by atomic mass is 19.1. The first kappa shape index (κ1) is 26.0. The van der Waals surface area contributed by atoms with E-state index in [0.717, 1.165) is 24.4 Å². The van der Waals surface area contributed by atoms with Crippen LogP contribution in [0.3, 0.4) is 0 Å². The van der Waals surface area contributed by atoms with E-state index in [1.165, 1.54) is 12.1 Å². The molecule has 11 heteroatoms. The van der Waals surface area contributed by atoms with Gasteiger partial charge < -0.3 is 11.1 Å². The van der Waals surface area contributed by atoms with Gasteiger partial charge in [0.2, 0.25) is 0 Å². The predicted molar refractivity (Wildman–Crippen MR) is 154 cm³/mol. The van der Waals surface area contributed by atoms with E-state index in [9.17, 15) is 4.79 Å². The van der Waals surface area contributed by atoms with Crippen molar-refractivity contribution < 1.29 is 9.18 Å². The second kappa shape index (κ2) is 9.75. The van der Waals surface area contributed by atoms with Crippen molar-refractivity contribution in [1.29, 1.82) is 5.26 Å². The number of nitrogens with zero attached hydrogens (tertiary/aromatic N) is 6. The number of nitriles is 1. The first-order valence-electron chi connectivity index (χ1n) is 13.2. The number of nitrogens with one attached hydrogen (secondary N) is 2. The summed E-state index contributed by atoms with van der Waals surface area (Å²) >= 11 is 0. The maximum absolute atomic E-state index is 15.3. The molecule has 2 aromatic carbocycles. The smallest absolute Gasteiger partial charge is 0.324 e. The molecule has 41 heavy (non-hydrogen) atoms. The first-order valence-corrected chi connectivity index (χ1v) is 13.2. The second-order valence-corrected chi connectivity index (χ2v) is 11.1. The van der Waals surface area contributed by atoms with Gasteiger partial charge in [0.25, 0.3) is 0 Å².